The molecule has 0 radical (unpaired) electrons. The zero-order valence-electron chi connectivity index (χ0n) is 17.2. The molecule has 5 nitrogen and oxygen atoms in total. The zero-order chi connectivity index (χ0) is 20.4. The first kappa shape index (κ1) is 20.2. The first-order valence-electron chi connectivity index (χ1n) is 10.5. The third-order valence-electron chi connectivity index (χ3n) is 5.95. The second-order valence-corrected chi connectivity index (χ2v) is 10.2. The lowest BCUT2D eigenvalue weighted by Gasteiger charge is -2.42. The molecule has 2 aromatic rings. The molecule has 4 rings (SSSR count). The van der Waals surface area contributed by atoms with Crippen molar-refractivity contribution in [2.45, 2.75) is 38.6 Å². The van der Waals surface area contributed by atoms with E-state index in [1.54, 1.807) is 0 Å². The number of fused-ring (bicyclic) bond motifs is 1. The van der Waals surface area contributed by atoms with Crippen molar-refractivity contribution in [3.05, 3.63) is 59.7 Å². The molecule has 2 heterocycles. The number of nitrogens with zero attached hydrogens (tertiary/aromatic N) is 1. The highest BCUT2D eigenvalue weighted by atomic mass is 32.2. The lowest BCUT2D eigenvalue weighted by atomic mass is 9.80. The number of benzene rings is 2. The van der Waals surface area contributed by atoms with Crippen LogP contribution in [0.3, 0.4) is 0 Å². The van der Waals surface area contributed by atoms with Crippen LogP contribution in [0, 0.1) is 5.92 Å². The number of ether oxygens (including phenoxy) is 1. The third kappa shape index (κ3) is 4.59. The van der Waals surface area contributed by atoms with Gasteiger partial charge in [-0.2, -0.15) is 0 Å². The Morgan fingerprint density at radius 1 is 1.14 bits per heavy atom. The maximum absolute atomic E-state index is 12.0. The van der Waals surface area contributed by atoms with Crippen LogP contribution in [0.15, 0.2) is 48.5 Å². The van der Waals surface area contributed by atoms with Crippen LogP contribution in [0.5, 0.6) is 5.75 Å². The van der Waals surface area contributed by atoms with Gasteiger partial charge in [0, 0.05) is 18.8 Å². The summed E-state index contributed by atoms with van der Waals surface area (Å²) < 4.78 is 32.8. The molecule has 0 amide bonds. The first-order chi connectivity index (χ1) is 13.9. The molecule has 0 aliphatic carbocycles. The molecule has 0 saturated carbocycles. The monoisotopic (exact) mass is 414 g/mol. The van der Waals surface area contributed by atoms with Crippen LogP contribution in [0.25, 0.3) is 0 Å². The minimum absolute atomic E-state index is 0.00197. The van der Waals surface area contributed by atoms with Gasteiger partial charge in [0.1, 0.15) is 5.75 Å². The van der Waals surface area contributed by atoms with Crippen LogP contribution in [0.4, 0.5) is 5.69 Å². The zero-order valence-corrected chi connectivity index (χ0v) is 18.0. The fourth-order valence-electron chi connectivity index (χ4n) is 4.32. The molecule has 2 aliphatic heterocycles. The van der Waals surface area contributed by atoms with Crippen LogP contribution in [-0.4, -0.2) is 39.9 Å². The topological polar surface area (TPSA) is 58.6 Å². The normalized spacial score (nSPS) is 21.9. The lowest BCUT2D eigenvalue weighted by Crippen LogP contribution is -2.59. The van der Waals surface area contributed by atoms with E-state index in [0.29, 0.717) is 31.3 Å². The van der Waals surface area contributed by atoms with Gasteiger partial charge in [-0.25, -0.2) is 13.1 Å². The molecule has 1 N–H and O–H groups in total. The third-order valence-corrected chi connectivity index (χ3v) is 7.58. The molecule has 1 fully saturated rings. The van der Waals surface area contributed by atoms with Crippen LogP contribution in [0.2, 0.25) is 0 Å². The molecule has 0 aromatic heterocycles. The van der Waals surface area contributed by atoms with Gasteiger partial charge < -0.3 is 9.64 Å². The van der Waals surface area contributed by atoms with Gasteiger partial charge in [-0.1, -0.05) is 44.2 Å². The first-order valence-corrected chi connectivity index (χ1v) is 12.2. The highest BCUT2D eigenvalue weighted by molar-refractivity contribution is 7.89. The Hall–Kier alpha value is -2.05. The average Bonchev–Trinajstić information content (AvgIpc) is 2.67. The van der Waals surface area contributed by atoms with Crippen molar-refractivity contribution in [2.75, 3.05) is 30.3 Å². The number of anilines is 1. The summed E-state index contributed by atoms with van der Waals surface area (Å²) in [4.78, 5) is 2.23. The molecular weight excluding hydrogens is 384 g/mol. The second-order valence-electron chi connectivity index (χ2n) is 8.35. The van der Waals surface area contributed by atoms with Crippen LogP contribution >= 0.6 is 0 Å². The van der Waals surface area contributed by atoms with Crippen molar-refractivity contribution in [3.8, 4) is 5.75 Å². The van der Waals surface area contributed by atoms with Crippen LogP contribution < -0.4 is 14.4 Å². The number of rotatable bonds is 7. The summed E-state index contributed by atoms with van der Waals surface area (Å²) in [6.07, 6.45) is 1.64. The van der Waals surface area contributed by atoms with E-state index in [1.165, 1.54) is 11.1 Å². The van der Waals surface area contributed by atoms with E-state index in [2.05, 4.69) is 65.1 Å². The quantitative estimate of drug-likeness (QED) is 0.753. The number of hydrogen-bond acceptors (Lipinski definition) is 4. The van der Waals surface area contributed by atoms with E-state index in [0.717, 1.165) is 24.5 Å². The Morgan fingerprint density at radius 3 is 2.62 bits per heavy atom. The van der Waals surface area contributed by atoms with Gasteiger partial charge in [-0.3, -0.25) is 0 Å². The van der Waals surface area contributed by atoms with Gasteiger partial charge in [0.15, 0.2) is 0 Å². The number of hydrogen-bond donors (Lipinski definition) is 1. The highest BCUT2D eigenvalue weighted by Crippen LogP contribution is 2.41. The molecule has 2 unspecified atom stereocenters. The van der Waals surface area contributed by atoms with Gasteiger partial charge >= 0.3 is 0 Å². The molecular formula is C23H30N2O3S. The molecule has 156 valence electrons. The minimum atomic E-state index is -3.16. The molecule has 0 bridgehead atoms. The number of sulfonamides is 1. The SMILES string of the molecule is CCCS(=O)(=O)NC1CN(c2ccc3c(c2)C(Cc2ccccc2)C(C)CO3)C1. The van der Waals surface area contributed by atoms with Crippen molar-refractivity contribution in [3.63, 3.8) is 0 Å². The maximum atomic E-state index is 12.0. The predicted octanol–water partition coefficient (Wildman–Crippen LogP) is 3.56. The standard InChI is InChI=1S/C23H30N2O3S/c1-3-11-29(26,27)24-19-14-25(15-19)20-9-10-23-22(13-20)21(17(2)16-28-23)12-18-7-5-4-6-8-18/h4-10,13,17,19,21,24H,3,11-12,14-16H2,1-2H3. The Bertz CT molecular complexity index is 940. The van der Waals surface area contributed by atoms with Crippen molar-refractivity contribution >= 4 is 15.7 Å². The Balaban J connectivity index is 1.48. The Labute approximate surface area is 174 Å². The van der Waals surface area contributed by atoms with Gasteiger partial charge in [0.2, 0.25) is 10.0 Å². The number of nitrogens with one attached hydrogen (secondary N) is 1. The average molecular weight is 415 g/mol. The van der Waals surface area contributed by atoms with E-state index < -0.39 is 10.0 Å². The summed E-state index contributed by atoms with van der Waals surface area (Å²) in [7, 11) is -3.16. The molecule has 1 saturated heterocycles. The fourth-order valence-corrected chi connectivity index (χ4v) is 5.63. The van der Waals surface area contributed by atoms with Gasteiger partial charge in [-0.05, 0) is 54.0 Å². The molecule has 2 aliphatic rings. The Kier molecular flexibility index (Phi) is 5.83. The van der Waals surface area contributed by atoms with Gasteiger partial charge in [0.25, 0.3) is 0 Å². The van der Waals surface area contributed by atoms with Gasteiger partial charge in [0.05, 0.1) is 18.4 Å². The van der Waals surface area contributed by atoms with Crippen molar-refractivity contribution in [2.24, 2.45) is 5.92 Å². The van der Waals surface area contributed by atoms with E-state index in [1.807, 2.05) is 6.92 Å². The molecule has 2 atom stereocenters. The lowest BCUT2D eigenvalue weighted by molar-refractivity contribution is 0.204. The van der Waals surface area contributed by atoms with Crippen LogP contribution in [0.1, 0.15) is 37.3 Å². The van der Waals surface area contributed by atoms with Crippen molar-refractivity contribution in [1.82, 2.24) is 4.72 Å². The summed E-state index contributed by atoms with van der Waals surface area (Å²) in [5.74, 6) is 2.04. The van der Waals surface area contributed by atoms with Crippen LogP contribution in [-0.2, 0) is 16.4 Å². The Morgan fingerprint density at radius 2 is 1.90 bits per heavy atom. The summed E-state index contributed by atoms with van der Waals surface area (Å²) >= 11 is 0. The van der Waals surface area contributed by atoms with Crippen molar-refractivity contribution < 1.29 is 13.2 Å². The second kappa shape index (κ2) is 8.36. The van der Waals surface area contributed by atoms with Gasteiger partial charge in [-0.15, -0.1) is 0 Å². The molecule has 0 spiro atoms. The summed E-state index contributed by atoms with van der Waals surface area (Å²) in [6, 6.07) is 17.0. The van der Waals surface area contributed by atoms with E-state index >= 15 is 0 Å². The summed E-state index contributed by atoms with van der Waals surface area (Å²) in [5.41, 5.74) is 3.75. The smallest absolute Gasteiger partial charge is 0.211 e. The summed E-state index contributed by atoms with van der Waals surface area (Å²) in [6.45, 7) is 6.30. The highest BCUT2D eigenvalue weighted by Gasteiger charge is 2.33. The molecule has 2 aromatic carbocycles. The van der Waals surface area contributed by atoms with E-state index in [-0.39, 0.29) is 11.8 Å². The molecule has 6 heteroatoms. The van der Waals surface area contributed by atoms with Crippen molar-refractivity contribution in [1.29, 1.82) is 0 Å². The maximum Gasteiger partial charge on any atom is 0.211 e. The summed E-state index contributed by atoms with van der Waals surface area (Å²) in [5, 5.41) is 0. The van der Waals surface area contributed by atoms with E-state index in [4.69, 9.17) is 4.74 Å². The van der Waals surface area contributed by atoms with E-state index in [9.17, 15) is 8.42 Å². The largest absolute Gasteiger partial charge is 0.493 e. The fraction of sp³-hybridized carbons (Fsp3) is 0.478. The molecule has 29 heavy (non-hydrogen) atoms. The predicted molar refractivity (Wildman–Crippen MR) is 117 cm³/mol. The minimum Gasteiger partial charge on any atom is -0.493 e.